The smallest absolute Gasteiger partial charge is 0.243 e. The lowest BCUT2D eigenvalue weighted by Gasteiger charge is -2.10. The molecule has 5 nitrogen and oxygen atoms in total. The fraction of sp³-hybridized carbons (Fsp3) is 0.125. The van der Waals surface area contributed by atoms with E-state index in [2.05, 4.69) is 16.0 Å². The summed E-state index contributed by atoms with van der Waals surface area (Å²) in [5, 5.41) is 9.20. The fourth-order valence-electron chi connectivity index (χ4n) is 1.87. The minimum atomic E-state index is -0.291. The number of anilines is 3. The average molecular weight is 387 g/mol. The van der Waals surface area contributed by atoms with Crippen molar-refractivity contribution in [2.75, 3.05) is 22.5 Å². The minimum Gasteiger partial charge on any atom is -0.376 e. The van der Waals surface area contributed by atoms with Crippen LogP contribution in [-0.4, -0.2) is 18.4 Å². The van der Waals surface area contributed by atoms with Crippen LogP contribution in [0.25, 0.3) is 0 Å². The first-order chi connectivity index (χ1) is 11.3. The van der Waals surface area contributed by atoms with Gasteiger partial charge in [-0.05, 0) is 36.4 Å². The van der Waals surface area contributed by atoms with Crippen molar-refractivity contribution in [2.45, 2.75) is 6.92 Å². The van der Waals surface area contributed by atoms with Gasteiger partial charge in [0.2, 0.25) is 11.8 Å². The van der Waals surface area contributed by atoms with Crippen LogP contribution in [0, 0.1) is 0 Å². The summed E-state index contributed by atoms with van der Waals surface area (Å²) in [7, 11) is 0. The van der Waals surface area contributed by atoms with E-state index in [1.54, 1.807) is 24.3 Å². The number of hydrogen-bond donors (Lipinski definition) is 3. The van der Waals surface area contributed by atoms with Crippen molar-refractivity contribution < 1.29 is 9.59 Å². The Labute approximate surface area is 154 Å². The summed E-state index contributed by atoms with van der Waals surface area (Å²) in [6.07, 6.45) is 0. The van der Waals surface area contributed by atoms with E-state index in [-0.39, 0.29) is 18.4 Å². The summed E-state index contributed by atoms with van der Waals surface area (Å²) >= 11 is 17.8. The van der Waals surface area contributed by atoms with Gasteiger partial charge in [0.25, 0.3) is 0 Å². The molecule has 126 valence electrons. The van der Waals surface area contributed by atoms with Crippen LogP contribution in [0.1, 0.15) is 6.92 Å². The Kier molecular flexibility index (Phi) is 6.31. The van der Waals surface area contributed by atoms with Gasteiger partial charge in [0.05, 0.1) is 27.3 Å². The molecule has 0 radical (unpaired) electrons. The monoisotopic (exact) mass is 385 g/mol. The molecule has 0 bridgehead atoms. The highest BCUT2D eigenvalue weighted by atomic mass is 35.5. The molecule has 2 amide bonds. The molecule has 0 spiro atoms. The number of halogens is 3. The zero-order chi connectivity index (χ0) is 17.7. The molecule has 0 atom stereocenters. The molecule has 0 aliphatic heterocycles. The van der Waals surface area contributed by atoms with Gasteiger partial charge in [0.15, 0.2) is 0 Å². The normalized spacial score (nSPS) is 10.2. The van der Waals surface area contributed by atoms with Gasteiger partial charge in [-0.25, -0.2) is 0 Å². The lowest BCUT2D eigenvalue weighted by molar-refractivity contribution is -0.115. The number of rotatable bonds is 5. The molecule has 0 aromatic heterocycles. The van der Waals surface area contributed by atoms with Crippen molar-refractivity contribution in [3.05, 3.63) is 51.5 Å². The predicted octanol–water partition coefficient (Wildman–Crippen LogP) is 4.66. The van der Waals surface area contributed by atoms with Crippen molar-refractivity contribution in [1.82, 2.24) is 0 Å². The number of carbonyl (C=O) groups excluding carboxylic acids is 2. The first-order valence-corrected chi connectivity index (χ1v) is 8.04. The minimum absolute atomic E-state index is 0.0378. The van der Waals surface area contributed by atoms with E-state index < -0.39 is 0 Å². The van der Waals surface area contributed by atoms with E-state index in [9.17, 15) is 9.59 Å². The number of hydrogen-bond acceptors (Lipinski definition) is 3. The standard InChI is InChI=1S/C16H14Cl3N3O2/c1-9(23)21-11-4-2-10(3-5-11)20-8-16(24)22-15-7-13(18)12(17)6-14(15)19/h2-7,20H,8H2,1H3,(H,21,23)(H,22,24). The summed E-state index contributed by atoms with van der Waals surface area (Å²) in [4.78, 5) is 22.9. The molecule has 0 fully saturated rings. The molecular weight excluding hydrogens is 373 g/mol. The van der Waals surface area contributed by atoms with Gasteiger partial charge < -0.3 is 16.0 Å². The maximum absolute atomic E-state index is 12.0. The first-order valence-electron chi connectivity index (χ1n) is 6.91. The Bertz CT molecular complexity index is 764. The Morgan fingerprint density at radius 2 is 1.46 bits per heavy atom. The second-order valence-corrected chi connectivity index (χ2v) is 6.13. The lowest BCUT2D eigenvalue weighted by atomic mass is 10.2. The van der Waals surface area contributed by atoms with Gasteiger partial charge in [-0.1, -0.05) is 34.8 Å². The second-order valence-electron chi connectivity index (χ2n) is 4.91. The van der Waals surface area contributed by atoms with Gasteiger partial charge in [-0.3, -0.25) is 9.59 Å². The third kappa shape index (κ3) is 5.30. The van der Waals surface area contributed by atoms with Crippen LogP contribution >= 0.6 is 34.8 Å². The highest BCUT2D eigenvalue weighted by Gasteiger charge is 2.09. The van der Waals surface area contributed by atoms with Crippen molar-refractivity contribution in [2.24, 2.45) is 0 Å². The van der Waals surface area contributed by atoms with Gasteiger partial charge >= 0.3 is 0 Å². The van der Waals surface area contributed by atoms with Gasteiger partial charge in [0.1, 0.15) is 0 Å². The molecule has 2 aromatic rings. The summed E-state index contributed by atoms with van der Waals surface area (Å²) in [5.74, 6) is -0.435. The highest BCUT2D eigenvalue weighted by Crippen LogP contribution is 2.32. The Morgan fingerprint density at radius 3 is 2.08 bits per heavy atom. The highest BCUT2D eigenvalue weighted by molar-refractivity contribution is 6.44. The molecule has 24 heavy (non-hydrogen) atoms. The van der Waals surface area contributed by atoms with E-state index in [4.69, 9.17) is 34.8 Å². The van der Waals surface area contributed by atoms with Crippen LogP contribution in [0.4, 0.5) is 17.1 Å². The number of benzene rings is 2. The van der Waals surface area contributed by atoms with Gasteiger partial charge in [-0.15, -0.1) is 0 Å². The average Bonchev–Trinajstić information content (AvgIpc) is 2.51. The van der Waals surface area contributed by atoms with Crippen molar-refractivity contribution in [3.63, 3.8) is 0 Å². The number of nitrogens with one attached hydrogen (secondary N) is 3. The van der Waals surface area contributed by atoms with Crippen LogP contribution in [0.15, 0.2) is 36.4 Å². The summed E-state index contributed by atoms with van der Waals surface area (Å²) in [5.41, 5.74) is 1.80. The molecule has 0 aliphatic carbocycles. The lowest BCUT2D eigenvalue weighted by Crippen LogP contribution is -2.21. The molecule has 3 N–H and O–H groups in total. The fourth-order valence-corrected chi connectivity index (χ4v) is 2.46. The predicted molar refractivity (Wildman–Crippen MR) is 99.3 cm³/mol. The Hall–Kier alpha value is -1.95. The maximum atomic E-state index is 12.0. The van der Waals surface area contributed by atoms with E-state index >= 15 is 0 Å². The number of carbonyl (C=O) groups is 2. The van der Waals surface area contributed by atoms with E-state index in [1.807, 2.05) is 0 Å². The summed E-state index contributed by atoms with van der Waals surface area (Å²) in [6.45, 7) is 1.47. The van der Waals surface area contributed by atoms with Crippen molar-refractivity contribution >= 4 is 63.7 Å². The molecular formula is C16H14Cl3N3O2. The first kappa shape index (κ1) is 18.4. The maximum Gasteiger partial charge on any atom is 0.243 e. The summed E-state index contributed by atoms with van der Waals surface area (Å²) in [6, 6.07) is 9.94. The van der Waals surface area contributed by atoms with Gasteiger partial charge in [-0.2, -0.15) is 0 Å². The topological polar surface area (TPSA) is 70.2 Å². The molecule has 0 saturated heterocycles. The van der Waals surface area contributed by atoms with Crippen LogP contribution in [-0.2, 0) is 9.59 Å². The Morgan fingerprint density at radius 1 is 0.875 bits per heavy atom. The van der Waals surface area contributed by atoms with Crippen LogP contribution in [0.3, 0.4) is 0 Å². The molecule has 2 aromatic carbocycles. The summed E-state index contributed by atoms with van der Waals surface area (Å²) < 4.78 is 0. The molecule has 0 heterocycles. The Balaban J connectivity index is 1.91. The molecule has 0 unspecified atom stereocenters. The molecule has 8 heteroatoms. The SMILES string of the molecule is CC(=O)Nc1ccc(NCC(=O)Nc2cc(Cl)c(Cl)cc2Cl)cc1. The third-order valence-electron chi connectivity index (χ3n) is 2.94. The number of amides is 2. The zero-order valence-electron chi connectivity index (χ0n) is 12.6. The van der Waals surface area contributed by atoms with Crippen LogP contribution in [0.2, 0.25) is 15.1 Å². The second kappa shape index (κ2) is 8.24. The molecule has 0 aliphatic rings. The largest absolute Gasteiger partial charge is 0.376 e. The van der Waals surface area contributed by atoms with Crippen molar-refractivity contribution in [3.8, 4) is 0 Å². The van der Waals surface area contributed by atoms with E-state index in [0.717, 1.165) is 5.69 Å². The quantitative estimate of drug-likeness (QED) is 0.655. The third-order valence-corrected chi connectivity index (χ3v) is 3.98. The molecule has 0 saturated carbocycles. The molecule has 2 rings (SSSR count). The zero-order valence-corrected chi connectivity index (χ0v) is 14.9. The van der Waals surface area contributed by atoms with E-state index in [1.165, 1.54) is 19.1 Å². The van der Waals surface area contributed by atoms with Crippen LogP contribution < -0.4 is 16.0 Å². The van der Waals surface area contributed by atoms with Crippen LogP contribution in [0.5, 0.6) is 0 Å². The van der Waals surface area contributed by atoms with E-state index in [0.29, 0.717) is 26.4 Å². The van der Waals surface area contributed by atoms with Gasteiger partial charge in [0, 0.05) is 18.3 Å². The van der Waals surface area contributed by atoms with Crippen molar-refractivity contribution in [1.29, 1.82) is 0 Å².